The molecule has 0 aliphatic carbocycles. The van der Waals surface area contributed by atoms with Gasteiger partial charge in [-0.25, -0.2) is 0 Å². The standard InChI is InChI=1S/C16H25N3O3/c1-3-19-14(4-8-17-19)15(20)18-9-6-16(7-10-18)12-13(21-2)5-11-22-16/h4,8,13H,3,5-7,9-12H2,1-2H3. The van der Waals surface area contributed by atoms with Crippen LogP contribution >= 0.6 is 0 Å². The van der Waals surface area contributed by atoms with Gasteiger partial charge >= 0.3 is 0 Å². The van der Waals surface area contributed by atoms with Crippen molar-refractivity contribution in [1.29, 1.82) is 0 Å². The van der Waals surface area contributed by atoms with Gasteiger partial charge in [0, 0.05) is 46.0 Å². The Morgan fingerprint density at radius 2 is 2.27 bits per heavy atom. The third kappa shape index (κ3) is 2.90. The highest BCUT2D eigenvalue weighted by Gasteiger charge is 2.41. The number of nitrogens with zero attached hydrogens (tertiary/aromatic N) is 3. The number of hydrogen-bond acceptors (Lipinski definition) is 4. The molecule has 6 heteroatoms. The summed E-state index contributed by atoms with van der Waals surface area (Å²) in [4.78, 5) is 14.6. The predicted octanol–water partition coefficient (Wildman–Crippen LogP) is 1.70. The van der Waals surface area contributed by atoms with Gasteiger partial charge in [0.1, 0.15) is 5.69 Å². The Hall–Kier alpha value is -1.40. The van der Waals surface area contributed by atoms with Crippen molar-refractivity contribution in [2.75, 3.05) is 26.8 Å². The minimum atomic E-state index is -0.0965. The van der Waals surface area contributed by atoms with Gasteiger partial charge in [0.2, 0.25) is 0 Å². The molecule has 6 nitrogen and oxygen atoms in total. The van der Waals surface area contributed by atoms with Gasteiger partial charge in [-0.1, -0.05) is 0 Å². The predicted molar refractivity (Wildman–Crippen MR) is 81.8 cm³/mol. The first-order chi connectivity index (χ1) is 10.7. The lowest BCUT2D eigenvalue weighted by Crippen LogP contribution is -2.52. The van der Waals surface area contributed by atoms with E-state index in [1.165, 1.54) is 0 Å². The molecular formula is C16H25N3O3. The van der Waals surface area contributed by atoms with E-state index in [0.29, 0.717) is 12.2 Å². The number of carbonyl (C=O) groups excluding carboxylic acids is 1. The quantitative estimate of drug-likeness (QED) is 0.853. The molecule has 3 rings (SSSR count). The molecule has 1 spiro atoms. The minimum Gasteiger partial charge on any atom is -0.381 e. The van der Waals surface area contributed by atoms with E-state index in [2.05, 4.69) is 5.10 Å². The fraction of sp³-hybridized carbons (Fsp3) is 0.750. The first-order valence-electron chi connectivity index (χ1n) is 8.15. The molecule has 2 aliphatic heterocycles. The van der Waals surface area contributed by atoms with Gasteiger partial charge in [-0.05, 0) is 32.3 Å². The highest BCUT2D eigenvalue weighted by molar-refractivity contribution is 5.92. The molecule has 0 saturated carbocycles. The molecule has 1 amide bonds. The molecule has 2 saturated heterocycles. The highest BCUT2D eigenvalue weighted by Crippen LogP contribution is 2.36. The molecule has 1 aromatic heterocycles. The Labute approximate surface area is 131 Å². The lowest BCUT2D eigenvalue weighted by atomic mass is 9.83. The maximum atomic E-state index is 12.6. The van der Waals surface area contributed by atoms with Crippen LogP contribution in [-0.2, 0) is 16.0 Å². The number of methoxy groups -OCH3 is 1. The molecule has 1 aromatic rings. The van der Waals surface area contributed by atoms with E-state index in [1.54, 1.807) is 24.1 Å². The Kier molecular flexibility index (Phi) is 4.49. The summed E-state index contributed by atoms with van der Waals surface area (Å²) in [6, 6.07) is 1.80. The van der Waals surface area contributed by atoms with Crippen LogP contribution in [0.15, 0.2) is 12.3 Å². The average Bonchev–Trinajstić information content (AvgIpc) is 3.03. The van der Waals surface area contributed by atoms with Crippen LogP contribution in [-0.4, -0.2) is 59.1 Å². The number of rotatable bonds is 3. The van der Waals surface area contributed by atoms with Gasteiger partial charge in [0.05, 0.1) is 11.7 Å². The number of hydrogen-bond donors (Lipinski definition) is 0. The molecule has 2 aliphatic rings. The Bertz CT molecular complexity index is 520. The van der Waals surface area contributed by atoms with Crippen LogP contribution in [0.25, 0.3) is 0 Å². The minimum absolute atomic E-state index is 0.0771. The number of carbonyl (C=O) groups is 1. The van der Waals surface area contributed by atoms with E-state index in [9.17, 15) is 4.79 Å². The Morgan fingerprint density at radius 3 is 2.95 bits per heavy atom. The second kappa shape index (κ2) is 6.38. The van der Waals surface area contributed by atoms with Crippen molar-refractivity contribution in [3.63, 3.8) is 0 Å². The fourth-order valence-corrected chi connectivity index (χ4v) is 3.58. The average molecular weight is 307 g/mol. The van der Waals surface area contributed by atoms with E-state index in [0.717, 1.165) is 45.4 Å². The van der Waals surface area contributed by atoms with Crippen molar-refractivity contribution in [1.82, 2.24) is 14.7 Å². The second-order valence-electron chi connectivity index (χ2n) is 6.21. The summed E-state index contributed by atoms with van der Waals surface area (Å²) in [5.74, 6) is 0.0771. The van der Waals surface area contributed by atoms with Gasteiger partial charge in [-0.3, -0.25) is 9.48 Å². The van der Waals surface area contributed by atoms with Gasteiger partial charge in [-0.15, -0.1) is 0 Å². The normalized spacial score (nSPS) is 24.6. The topological polar surface area (TPSA) is 56.6 Å². The Morgan fingerprint density at radius 1 is 1.50 bits per heavy atom. The molecule has 2 fully saturated rings. The van der Waals surface area contributed by atoms with Crippen molar-refractivity contribution < 1.29 is 14.3 Å². The summed E-state index contributed by atoms with van der Waals surface area (Å²) in [6.07, 6.45) is 5.67. The molecule has 3 heterocycles. The maximum Gasteiger partial charge on any atom is 0.272 e. The zero-order chi connectivity index (χ0) is 15.6. The molecule has 1 atom stereocenters. The van der Waals surface area contributed by atoms with Gasteiger partial charge in [-0.2, -0.15) is 5.10 Å². The first-order valence-corrected chi connectivity index (χ1v) is 8.15. The van der Waals surface area contributed by atoms with Crippen LogP contribution in [0, 0.1) is 0 Å². The van der Waals surface area contributed by atoms with Gasteiger partial charge in [0.15, 0.2) is 0 Å². The third-order valence-corrected chi connectivity index (χ3v) is 4.98. The van der Waals surface area contributed by atoms with Gasteiger partial charge in [0.25, 0.3) is 5.91 Å². The van der Waals surface area contributed by atoms with Crippen LogP contribution in [0.2, 0.25) is 0 Å². The zero-order valence-electron chi connectivity index (χ0n) is 13.5. The summed E-state index contributed by atoms with van der Waals surface area (Å²) >= 11 is 0. The van der Waals surface area contributed by atoms with Crippen LogP contribution < -0.4 is 0 Å². The summed E-state index contributed by atoms with van der Waals surface area (Å²) in [7, 11) is 1.77. The van der Waals surface area contributed by atoms with Crippen molar-refractivity contribution >= 4 is 5.91 Å². The Balaban J connectivity index is 1.63. The van der Waals surface area contributed by atoms with E-state index in [4.69, 9.17) is 9.47 Å². The van der Waals surface area contributed by atoms with E-state index in [1.807, 2.05) is 11.8 Å². The number of amides is 1. The van der Waals surface area contributed by atoms with Crippen molar-refractivity contribution in [2.24, 2.45) is 0 Å². The maximum absolute atomic E-state index is 12.6. The molecule has 0 radical (unpaired) electrons. The van der Waals surface area contributed by atoms with Crippen LogP contribution in [0.1, 0.15) is 43.1 Å². The number of piperidine rings is 1. The lowest BCUT2D eigenvalue weighted by Gasteiger charge is -2.45. The van der Waals surface area contributed by atoms with E-state index >= 15 is 0 Å². The van der Waals surface area contributed by atoms with Crippen molar-refractivity contribution in [3.05, 3.63) is 18.0 Å². The number of ether oxygens (including phenoxy) is 2. The third-order valence-electron chi connectivity index (χ3n) is 4.98. The van der Waals surface area contributed by atoms with Gasteiger partial charge < -0.3 is 14.4 Å². The lowest BCUT2D eigenvalue weighted by molar-refractivity contribution is -0.146. The highest BCUT2D eigenvalue weighted by atomic mass is 16.5. The monoisotopic (exact) mass is 307 g/mol. The zero-order valence-corrected chi connectivity index (χ0v) is 13.5. The molecule has 0 bridgehead atoms. The number of aromatic nitrogens is 2. The molecule has 1 unspecified atom stereocenters. The molecule has 122 valence electrons. The van der Waals surface area contributed by atoms with E-state index in [-0.39, 0.29) is 17.6 Å². The molecular weight excluding hydrogens is 282 g/mol. The smallest absolute Gasteiger partial charge is 0.272 e. The molecule has 0 N–H and O–H groups in total. The largest absolute Gasteiger partial charge is 0.381 e. The molecule has 0 aromatic carbocycles. The van der Waals surface area contributed by atoms with Crippen molar-refractivity contribution in [3.8, 4) is 0 Å². The summed E-state index contributed by atoms with van der Waals surface area (Å²) < 4.78 is 13.3. The summed E-state index contributed by atoms with van der Waals surface area (Å²) in [5.41, 5.74) is 0.582. The van der Waals surface area contributed by atoms with Crippen LogP contribution in [0.3, 0.4) is 0 Å². The summed E-state index contributed by atoms with van der Waals surface area (Å²) in [6.45, 7) is 4.95. The second-order valence-corrected chi connectivity index (χ2v) is 6.21. The summed E-state index contributed by atoms with van der Waals surface area (Å²) in [5, 5.41) is 4.18. The van der Waals surface area contributed by atoms with Crippen LogP contribution in [0.4, 0.5) is 0 Å². The SMILES string of the molecule is CCn1nccc1C(=O)N1CCC2(CC1)CC(OC)CCO2. The first kappa shape index (κ1) is 15.5. The van der Waals surface area contributed by atoms with Crippen LogP contribution in [0.5, 0.6) is 0 Å². The van der Waals surface area contributed by atoms with Crippen molar-refractivity contribution in [2.45, 2.75) is 50.9 Å². The fourth-order valence-electron chi connectivity index (χ4n) is 3.58. The number of likely N-dealkylation sites (tertiary alicyclic amines) is 1. The number of aryl methyl sites for hydroxylation is 1. The van der Waals surface area contributed by atoms with E-state index < -0.39 is 0 Å². The molecule has 22 heavy (non-hydrogen) atoms.